The monoisotopic (exact) mass is 265 g/mol. The maximum Gasteiger partial charge on any atom is 0.224 e. The number of fused-ring (bicyclic) bond motifs is 1. The summed E-state index contributed by atoms with van der Waals surface area (Å²) in [4.78, 5) is 8.55. The number of halogens is 2. The van der Waals surface area contributed by atoms with Crippen LogP contribution in [0.4, 0.5) is 0 Å². The summed E-state index contributed by atoms with van der Waals surface area (Å²) in [6.45, 7) is 0. The van der Waals surface area contributed by atoms with E-state index in [4.69, 9.17) is 23.2 Å². The quantitative estimate of drug-likeness (QED) is 0.742. The van der Waals surface area contributed by atoms with Crippen molar-refractivity contribution in [3.05, 3.63) is 52.2 Å². The molecule has 0 saturated carbocycles. The van der Waals surface area contributed by atoms with Crippen LogP contribution in [0.5, 0.6) is 0 Å². The Morgan fingerprint density at radius 3 is 2.65 bits per heavy atom. The molecule has 0 bridgehead atoms. The normalized spacial score (nSPS) is 14.4. The minimum absolute atomic E-state index is 0.277. The van der Waals surface area contributed by atoms with Crippen LogP contribution in [0.3, 0.4) is 0 Å². The fourth-order valence-corrected chi connectivity index (χ4v) is 2.37. The van der Waals surface area contributed by atoms with Crippen LogP contribution in [0.2, 0.25) is 5.28 Å². The molecule has 0 aromatic carbocycles. The molecule has 3 nitrogen and oxygen atoms in total. The lowest BCUT2D eigenvalue weighted by Crippen LogP contribution is -2.11. The molecule has 2 aromatic rings. The fraction of sp³-hybridized carbons (Fsp3) is 0.167. The molecule has 0 atom stereocenters. The van der Waals surface area contributed by atoms with Gasteiger partial charge in [-0.15, -0.1) is 0 Å². The number of nitrogens with zero attached hydrogens (tertiary/aromatic N) is 3. The van der Waals surface area contributed by atoms with E-state index in [1.807, 2.05) is 35.2 Å². The topological polar surface area (TPSA) is 30.7 Å². The SMILES string of the molecule is ClC1=CCc2nc(Cl)nc(-n3cccc3)c2C1. The molecule has 0 unspecified atom stereocenters. The molecule has 5 heteroatoms. The number of allylic oxidation sites excluding steroid dienone is 2. The highest BCUT2D eigenvalue weighted by atomic mass is 35.5. The van der Waals surface area contributed by atoms with Gasteiger partial charge in [-0.2, -0.15) is 4.98 Å². The van der Waals surface area contributed by atoms with Gasteiger partial charge in [0.1, 0.15) is 5.82 Å². The first kappa shape index (κ1) is 10.8. The number of aromatic nitrogens is 3. The van der Waals surface area contributed by atoms with E-state index < -0.39 is 0 Å². The third-order valence-corrected chi connectivity index (χ3v) is 3.21. The summed E-state index contributed by atoms with van der Waals surface area (Å²) >= 11 is 12.0. The molecule has 2 aromatic heterocycles. The zero-order chi connectivity index (χ0) is 11.8. The molecule has 0 saturated heterocycles. The van der Waals surface area contributed by atoms with Crippen molar-refractivity contribution in [3.8, 4) is 5.82 Å². The van der Waals surface area contributed by atoms with Crippen molar-refractivity contribution in [1.82, 2.24) is 14.5 Å². The Hall–Kier alpha value is -1.32. The summed E-state index contributed by atoms with van der Waals surface area (Å²) in [5, 5.41) is 1.11. The predicted molar refractivity (Wildman–Crippen MR) is 67.7 cm³/mol. The number of hydrogen-bond acceptors (Lipinski definition) is 2. The maximum absolute atomic E-state index is 6.08. The first-order chi connectivity index (χ1) is 8.24. The Kier molecular flexibility index (Phi) is 2.65. The molecular weight excluding hydrogens is 257 g/mol. The lowest BCUT2D eigenvalue weighted by Gasteiger charge is -2.16. The minimum Gasteiger partial charge on any atom is -0.308 e. The van der Waals surface area contributed by atoms with E-state index in [0.717, 1.165) is 22.1 Å². The van der Waals surface area contributed by atoms with Gasteiger partial charge in [-0.25, -0.2) is 4.98 Å². The largest absolute Gasteiger partial charge is 0.308 e. The average Bonchev–Trinajstić information content (AvgIpc) is 2.82. The second-order valence-corrected chi connectivity index (χ2v) is 4.69. The van der Waals surface area contributed by atoms with Gasteiger partial charge in [0.15, 0.2) is 0 Å². The highest BCUT2D eigenvalue weighted by molar-refractivity contribution is 6.30. The summed E-state index contributed by atoms with van der Waals surface area (Å²) in [5.74, 6) is 0.816. The van der Waals surface area contributed by atoms with Gasteiger partial charge >= 0.3 is 0 Å². The van der Waals surface area contributed by atoms with Crippen molar-refractivity contribution in [2.75, 3.05) is 0 Å². The van der Waals surface area contributed by atoms with E-state index in [0.29, 0.717) is 12.8 Å². The van der Waals surface area contributed by atoms with Crippen LogP contribution in [0, 0.1) is 0 Å². The van der Waals surface area contributed by atoms with Crippen LogP contribution in [0.1, 0.15) is 11.3 Å². The molecule has 86 valence electrons. The van der Waals surface area contributed by atoms with Gasteiger partial charge in [-0.05, 0) is 23.7 Å². The number of hydrogen-bond donors (Lipinski definition) is 0. The van der Waals surface area contributed by atoms with E-state index in [-0.39, 0.29) is 5.28 Å². The fourth-order valence-electron chi connectivity index (χ4n) is 1.98. The van der Waals surface area contributed by atoms with E-state index in [2.05, 4.69) is 9.97 Å². The van der Waals surface area contributed by atoms with Crippen molar-refractivity contribution < 1.29 is 0 Å². The Labute approximate surface area is 109 Å². The summed E-state index contributed by atoms with van der Waals surface area (Å²) in [6.07, 6.45) is 7.22. The second-order valence-electron chi connectivity index (χ2n) is 3.86. The number of rotatable bonds is 1. The molecule has 0 spiro atoms. The molecule has 0 amide bonds. The van der Waals surface area contributed by atoms with Crippen molar-refractivity contribution in [3.63, 3.8) is 0 Å². The van der Waals surface area contributed by atoms with E-state index >= 15 is 0 Å². The molecule has 0 radical (unpaired) electrons. The highest BCUT2D eigenvalue weighted by Crippen LogP contribution is 2.27. The van der Waals surface area contributed by atoms with E-state index in [9.17, 15) is 0 Å². The van der Waals surface area contributed by atoms with Crippen molar-refractivity contribution >= 4 is 23.2 Å². The van der Waals surface area contributed by atoms with Gasteiger partial charge in [0.05, 0.1) is 5.69 Å². The van der Waals surface area contributed by atoms with Crippen LogP contribution in [-0.4, -0.2) is 14.5 Å². The maximum atomic E-state index is 6.08. The summed E-state index contributed by atoms with van der Waals surface area (Å²) in [7, 11) is 0. The molecule has 2 heterocycles. The molecule has 1 aliphatic rings. The zero-order valence-corrected chi connectivity index (χ0v) is 10.4. The first-order valence-corrected chi connectivity index (χ1v) is 6.03. The van der Waals surface area contributed by atoms with E-state index in [1.165, 1.54) is 0 Å². The average molecular weight is 266 g/mol. The lowest BCUT2D eigenvalue weighted by atomic mass is 10.0. The van der Waals surface area contributed by atoms with Crippen molar-refractivity contribution in [2.45, 2.75) is 12.8 Å². The molecule has 1 aliphatic carbocycles. The van der Waals surface area contributed by atoms with Gasteiger partial charge in [0.25, 0.3) is 0 Å². The van der Waals surface area contributed by atoms with Crippen LogP contribution < -0.4 is 0 Å². The third kappa shape index (κ3) is 1.96. The Balaban J connectivity index is 2.20. The van der Waals surface area contributed by atoms with Crippen LogP contribution in [0.25, 0.3) is 5.82 Å². The van der Waals surface area contributed by atoms with Gasteiger partial charge < -0.3 is 4.57 Å². The minimum atomic E-state index is 0.277. The Morgan fingerprint density at radius 2 is 1.88 bits per heavy atom. The van der Waals surface area contributed by atoms with E-state index in [1.54, 1.807) is 0 Å². The predicted octanol–water partition coefficient (Wildman–Crippen LogP) is 3.14. The molecule has 0 fully saturated rings. The Morgan fingerprint density at radius 1 is 1.12 bits per heavy atom. The van der Waals surface area contributed by atoms with Gasteiger partial charge in [-0.3, -0.25) is 0 Å². The smallest absolute Gasteiger partial charge is 0.224 e. The van der Waals surface area contributed by atoms with Gasteiger partial charge in [0, 0.05) is 35.8 Å². The van der Waals surface area contributed by atoms with Gasteiger partial charge in [-0.1, -0.05) is 17.7 Å². The van der Waals surface area contributed by atoms with Crippen molar-refractivity contribution in [2.24, 2.45) is 0 Å². The molecule has 3 rings (SSSR count). The van der Waals surface area contributed by atoms with Crippen molar-refractivity contribution in [1.29, 1.82) is 0 Å². The molecule has 0 aliphatic heterocycles. The summed E-state index contributed by atoms with van der Waals surface area (Å²) < 4.78 is 1.93. The first-order valence-electron chi connectivity index (χ1n) is 5.27. The van der Waals surface area contributed by atoms with Gasteiger partial charge in [0.2, 0.25) is 5.28 Å². The standard InChI is InChI=1S/C12H9Cl2N3/c13-8-3-4-10-9(7-8)11(16-12(14)15-10)17-5-1-2-6-17/h1-3,5-6H,4,7H2. The molecular formula is C12H9Cl2N3. The lowest BCUT2D eigenvalue weighted by molar-refractivity contribution is 0.888. The van der Waals surface area contributed by atoms with Crippen LogP contribution in [0.15, 0.2) is 35.6 Å². The van der Waals surface area contributed by atoms with Crippen LogP contribution >= 0.6 is 23.2 Å². The summed E-state index contributed by atoms with van der Waals surface area (Å²) in [5.41, 5.74) is 2.01. The molecule has 0 N–H and O–H groups in total. The Bertz CT molecular complexity index is 588. The highest BCUT2D eigenvalue weighted by Gasteiger charge is 2.18. The third-order valence-electron chi connectivity index (χ3n) is 2.76. The summed E-state index contributed by atoms with van der Waals surface area (Å²) in [6, 6.07) is 3.89. The zero-order valence-electron chi connectivity index (χ0n) is 8.90. The second kappa shape index (κ2) is 4.17. The van der Waals surface area contributed by atoms with Crippen LogP contribution in [-0.2, 0) is 12.8 Å². The molecule has 17 heavy (non-hydrogen) atoms.